The van der Waals surface area contributed by atoms with Crippen molar-refractivity contribution in [1.29, 1.82) is 0 Å². The van der Waals surface area contributed by atoms with Crippen molar-refractivity contribution >= 4 is 28.8 Å². The number of nitrogens with zero attached hydrogens (tertiary/aromatic N) is 1. The molecular weight excluding hydrogens is 260 g/mol. The number of hydrogen-bond acceptors (Lipinski definition) is 5. The Bertz CT molecular complexity index is 451. The Morgan fingerprint density at radius 1 is 1.50 bits per heavy atom. The topological polar surface area (TPSA) is 95.5 Å². The van der Waals surface area contributed by atoms with Crippen LogP contribution in [0.5, 0.6) is 0 Å². The van der Waals surface area contributed by atoms with E-state index in [0.29, 0.717) is 18.1 Å². The predicted molar refractivity (Wildman–Crippen MR) is 67.8 cm³/mol. The molecule has 1 aromatic rings. The highest BCUT2D eigenvalue weighted by molar-refractivity contribution is 6.17. The maximum atomic E-state index is 11.5. The Morgan fingerprint density at radius 2 is 2.22 bits per heavy atom. The molecule has 0 fully saturated rings. The molecule has 7 heteroatoms. The average Bonchev–Trinajstić information content (AvgIpc) is 2.28. The molecule has 0 aromatic heterocycles. The molecule has 0 amide bonds. The molecule has 0 atom stereocenters. The van der Waals surface area contributed by atoms with Crippen molar-refractivity contribution in [3.63, 3.8) is 0 Å². The molecule has 0 bridgehead atoms. The highest BCUT2D eigenvalue weighted by atomic mass is 35.5. The van der Waals surface area contributed by atoms with Gasteiger partial charge in [-0.25, -0.2) is 0 Å². The standard InChI is InChI=1S/C11H13ClN2O4/c12-3-4-18-7-9(15)5-8-1-2-11(14(16)17)10(13)6-8/h1-2,6H,3-5,7,13H2. The lowest BCUT2D eigenvalue weighted by Gasteiger charge is -2.03. The Hall–Kier alpha value is -1.66. The van der Waals surface area contributed by atoms with Gasteiger partial charge in [0.25, 0.3) is 5.69 Å². The molecule has 2 N–H and O–H groups in total. The van der Waals surface area contributed by atoms with Crippen LogP contribution in [-0.2, 0) is 16.0 Å². The molecule has 0 heterocycles. The fourth-order valence-electron chi connectivity index (χ4n) is 1.40. The number of alkyl halides is 1. The van der Waals surface area contributed by atoms with E-state index in [4.69, 9.17) is 22.1 Å². The first-order chi connectivity index (χ1) is 8.54. The summed E-state index contributed by atoms with van der Waals surface area (Å²) in [7, 11) is 0. The van der Waals surface area contributed by atoms with Gasteiger partial charge in [0.15, 0.2) is 5.78 Å². The van der Waals surface area contributed by atoms with Gasteiger partial charge in [0.2, 0.25) is 0 Å². The van der Waals surface area contributed by atoms with Crippen molar-refractivity contribution in [2.75, 3.05) is 24.8 Å². The van der Waals surface area contributed by atoms with Gasteiger partial charge in [-0.3, -0.25) is 14.9 Å². The van der Waals surface area contributed by atoms with Gasteiger partial charge in [-0.05, 0) is 11.6 Å². The third kappa shape index (κ3) is 4.31. The molecule has 18 heavy (non-hydrogen) atoms. The van der Waals surface area contributed by atoms with E-state index in [1.165, 1.54) is 18.2 Å². The monoisotopic (exact) mass is 272 g/mol. The van der Waals surface area contributed by atoms with E-state index >= 15 is 0 Å². The van der Waals surface area contributed by atoms with E-state index in [0.717, 1.165) is 0 Å². The fourth-order valence-corrected chi connectivity index (χ4v) is 1.51. The first kappa shape index (κ1) is 14.4. The van der Waals surface area contributed by atoms with Gasteiger partial charge in [0.1, 0.15) is 12.3 Å². The summed E-state index contributed by atoms with van der Waals surface area (Å²) in [5.41, 5.74) is 6.03. The minimum absolute atomic E-state index is 0.0242. The molecule has 0 saturated heterocycles. The van der Waals surface area contributed by atoms with Gasteiger partial charge in [0, 0.05) is 18.4 Å². The Labute approximate surface area is 109 Å². The summed E-state index contributed by atoms with van der Waals surface area (Å²) in [4.78, 5) is 21.5. The fraction of sp³-hybridized carbons (Fsp3) is 0.364. The number of benzene rings is 1. The van der Waals surface area contributed by atoms with E-state index in [-0.39, 0.29) is 30.2 Å². The molecule has 0 unspecified atom stereocenters. The van der Waals surface area contributed by atoms with Gasteiger partial charge >= 0.3 is 0 Å². The number of halogens is 1. The van der Waals surface area contributed by atoms with Crippen LogP contribution < -0.4 is 5.73 Å². The summed E-state index contributed by atoms with van der Waals surface area (Å²) in [6.07, 6.45) is 0.129. The zero-order chi connectivity index (χ0) is 13.5. The van der Waals surface area contributed by atoms with Crippen LogP contribution in [0.3, 0.4) is 0 Å². The van der Waals surface area contributed by atoms with Crippen molar-refractivity contribution in [2.24, 2.45) is 0 Å². The maximum absolute atomic E-state index is 11.5. The number of ketones is 1. The lowest BCUT2D eigenvalue weighted by Crippen LogP contribution is -2.12. The van der Waals surface area contributed by atoms with Crippen molar-refractivity contribution in [3.8, 4) is 0 Å². The third-order valence-corrected chi connectivity index (χ3v) is 2.33. The largest absolute Gasteiger partial charge is 0.393 e. The van der Waals surface area contributed by atoms with Gasteiger partial charge in [0.05, 0.1) is 11.5 Å². The van der Waals surface area contributed by atoms with Crippen LogP contribution in [0.15, 0.2) is 18.2 Å². The van der Waals surface area contributed by atoms with E-state index in [2.05, 4.69) is 0 Å². The third-order valence-electron chi connectivity index (χ3n) is 2.17. The van der Waals surface area contributed by atoms with Crippen LogP contribution in [0.25, 0.3) is 0 Å². The number of carbonyl (C=O) groups is 1. The van der Waals surface area contributed by atoms with E-state index in [9.17, 15) is 14.9 Å². The number of nitrogen functional groups attached to an aromatic ring is 1. The summed E-state index contributed by atoms with van der Waals surface area (Å²) in [6, 6.07) is 4.23. The number of hydrogen-bond donors (Lipinski definition) is 1. The van der Waals surface area contributed by atoms with Crippen LogP contribution >= 0.6 is 11.6 Å². The number of nitro benzene ring substituents is 1. The molecule has 98 valence electrons. The van der Waals surface area contributed by atoms with Gasteiger partial charge < -0.3 is 10.5 Å². The van der Waals surface area contributed by atoms with E-state index in [1.807, 2.05) is 0 Å². The van der Waals surface area contributed by atoms with Crippen molar-refractivity contribution in [3.05, 3.63) is 33.9 Å². The summed E-state index contributed by atoms with van der Waals surface area (Å²) in [6.45, 7) is 0.291. The second-order valence-corrected chi connectivity index (χ2v) is 3.99. The van der Waals surface area contributed by atoms with Crippen molar-refractivity contribution < 1.29 is 14.5 Å². The van der Waals surface area contributed by atoms with Crippen LogP contribution in [-0.4, -0.2) is 29.8 Å². The number of rotatable bonds is 7. The number of nitro groups is 1. The van der Waals surface area contributed by atoms with Crippen molar-refractivity contribution in [2.45, 2.75) is 6.42 Å². The van der Waals surface area contributed by atoms with Crippen LogP contribution in [0.2, 0.25) is 0 Å². The second-order valence-electron chi connectivity index (χ2n) is 3.61. The van der Waals surface area contributed by atoms with Gasteiger partial charge in [-0.15, -0.1) is 11.6 Å². The second kappa shape index (κ2) is 6.93. The van der Waals surface area contributed by atoms with Crippen LogP contribution in [0.1, 0.15) is 5.56 Å². The molecule has 6 nitrogen and oxygen atoms in total. The molecule has 0 aliphatic carbocycles. The quantitative estimate of drug-likeness (QED) is 0.267. The number of ether oxygens (including phenoxy) is 1. The molecule has 1 aromatic carbocycles. The number of nitrogens with two attached hydrogens (primary N) is 1. The maximum Gasteiger partial charge on any atom is 0.292 e. The highest BCUT2D eigenvalue weighted by Gasteiger charge is 2.12. The van der Waals surface area contributed by atoms with E-state index in [1.54, 1.807) is 0 Å². The number of Topliss-reactive ketones (excluding diaryl/α,β-unsaturated/α-hetero) is 1. The smallest absolute Gasteiger partial charge is 0.292 e. The average molecular weight is 273 g/mol. The zero-order valence-electron chi connectivity index (χ0n) is 9.60. The first-order valence-corrected chi connectivity index (χ1v) is 5.76. The molecular formula is C11H13ClN2O4. The predicted octanol–water partition coefficient (Wildman–Crippen LogP) is 1.54. The molecule has 0 aliphatic rings. The summed E-state index contributed by atoms with van der Waals surface area (Å²) in [5.74, 6) is 0.200. The number of anilines is 1. The van der Waals surface area contributed by atoms with E-state index < -0.39 is 4.92 Å². The Balaban J connectivity index is 2.60. The lowest BCUT2D eigenvalue weighted by atomic mass is 10.1. The molecule has 0 aliphatic heterocycles. The van der Waals surface area contributed by atoms with Crippen molar-refractivity contribution in [1.82, 2.24) is 0 Å². The molecule has 1 rings (SSSR count). The minimum Gasteiger partial charge on any atom is -0.393 e. The van der Waals surface area contributed by atoms with Crippen LogP contribution in [0, 0.1) is 10.1 Å². The Kier molecular flexibility index (Phi) is 5.54. The zero-order valence-corrected chi connectivity index (χ0v) is 10.4. The SMILES string of the molecule is Nc1cc(CC(=O)COCCCl)ccc1[N+](=O)[O-]. The highest BCUT2D eigenvalue weighted by Crippen LogP contribution is 2.22. The normalized spacial score (nSPS) is 10.3. The lowest BCUT2D eigenvalue weighted by molar-refractivity contribution is -0.383. The first-order valence-electron chi connectivity index (χ1n) is 5.22. The molecule has 0 radical (unpaired) electrons. The molecule has 0 saturated carbocycles. The Morgan fingerprint density at radius 3 is 2.78 bits per heavy atom. The van der Waals surface area contributed by atoms with Crippen LogP contribution in [0.4, 0.5) is 11.4 Å². The summed E-state index contributed by atoms with van der Waals surface area (Å²) in [5, 5.41) is 10.6. The summed E-state index contributed by atoms with van der Waals surface area (Å²) < 4.78 is 4.99. The summed E-state index contributed by atoms with van der Waals surface area (Å²) >= 11 is 5.40. The molecule has 0 spiro atoms. The van der Waals surface area contributed by atoms with Gasteiger partial charge in [-0.2, -0.15) is 0 Å². The van der Waals surface area contributed by atoms with Gasteiger partial charge in [-0.1, -0.05) is 6.07 Å². The minimum atomic E-state index is -0.565. The number of carbonyl (C=O) groups excluding carboxylic acids is 1.